The molecule has 0 saturated carbocycles. The second kappa shape index (κ2) is 6.69. The SMILES string of the molecule is CCNCc1cncc(N2CCCCCC2C)n1. The Labute approximate surface area is 110 Å². The molecule has 1 aliphatic rings. The molecular formula is C14H24N4. The molecule has 0 aliphatic carbocycles. The number of aromatic nitrogens is 2. The van der Waals surface area contributed by atoms with Crippen molar-refractivity contribution in [2.75, 3.05) is 18.0 Å². The summed E-state index contributed by atoms with van der Waals surface area (Å²) in [6, 6.07) is 0.580. The van der Waals surface area contributed by atoms with Gasteiger partial charge in [0, 0.05) is 25.3 Å². The highest BCUT2D eigenvalue weighted by Gasteiger charge is 2.18. The topological polar surface area (TPSA) is 41.1 Å². The van der Waals surface area contributed by atoms with Gasteiger partial charge in [-0.2, -0.15) is 0 Å². The third-order valence-electron chi connectivity index (χ3n) is 3.58. The first kappa shape index (κ1) is 13.3. The normalized spacial score (nSPS) is 20.8. The van der Waals surface area contributed by atoms with E-state index in [1.54, 1.807) is 0 Å². The minimum atomic E-state index is 0.580. The minimum absolute atomic E-state index is 0.580. The average Bonchev–Trinajstić information content (AvgIpc) is 2.61. The van der Waals surface area contributed by atoms with E-state index in [2.05, 4.69) is 29.0 Å². The highest BCUT2D eigenvalue weighted by Crippen LogP contribution is 2.21. The standard InChI is InChI=1S/C14H24N4/c1-3-15-9-13-10-16-11-14(17-13)18-8-6-4-5-7-12(18)2/h10-12,15H,3-9H2,1-2H3. The number of nitrogens with one attached hydrogen (secondary N) is 1. The van der Waals surface area contributed by atoms with Gasteiger partial charge in [0.2, 0.25) is 0 Å². The second-order valence-electron chi connectivity index (χ2n) is 5.04. The van der Waals surface area contributed by atoms with Gasteiger partial charge >= 0.3 is 0 Å². The number of hydrogen-bond acceptors (Lipinski definition) is 4. The zero-order valence-corrected chi connectivity index (χ0v) is 11.5. The Morgan fingerprint density at radius 2 is 2.22 bits per heavy atom. The van der Waals surface area contributed by atoms with Crippen LogP contribution in [0.5, 0.6) is 0 Å². The molecule has 100 valence electrons. The zero-order chi connectivity index (χ0) is 12.8. The van der Waals surface area contributed by atoms with Crippen molar-refractivity contribution in [1.82, 2.24) is 15.3 Å². The van der Waals surface area contributed by atoms with Crippen LogP contribution in [0.2, 0.25) is 0 Å². The van der Waals surface area contributed by atoms with Gasteiger partial charge in [-0.3, -0.25) is 4.98 Å². The molecule has 0 aromatic carbocycles. The summed E-state index contributed by atoms with van der Waals surface area (Å²) in [7, 11) is 0. The Bertz CT molecular complexity index is 367. The molecule has 0 amide bonds. The van der Waals surface area contributed by atoms with Crippen LogP contribution in [-0.4, -0.2) is 29.1 Å². The molecule has 1 fully saturated rings. The van der Waals surface area contributed by atoms with Crippen molar-refractivity contribution >= 4 is 5.82 Å². The molecule has 0 radical (unpaired) electrons. The van der Waals surface area contributed by atoms with Gasteiger partial charge in [0.15, 0.2) is 0 Å². The van der Waals surface area contributed by atoms with E-state index in [1.165, 1.54) is 25.7 Å². The maximum absolute atomic E-state index is 4.73. The van der Waals surface area contributed by atoms with Crippen molar-refractivity contribution in [3.8, 4) is 0 Å². The molecule has 1 aliphatic heterocycles. The predicted molar refractivity (Wildman–Crippen MR) is 74.7 cm³/mol. The molecule has 18 heavy (non-hydrogen) atoms. The first-order chi connectivity index (χ1) is 8.81. The maximum atomic E-state index is 4.73. The third kappa shape index (κ3) is 3.42. The van der Waals surface area contributed by atoms with E-state index in [4.69, 9.17) is 4.98 Å². The summed E-state index contributed by atoms with van der Waals surface area (Å²) in [5, 5.41) is 3.30. The monoisotopic (exact) mass is 248 g/mol. The van der Waals surface area contributed by atoms with Gasteiger partial charge in [-0.15, -0.1) is 0 Å². The largest absolute Gasteiger partial charge is 0.353 e. The maximum Gasteiger partial charge on any atom is 0.147 e. The molecule has 1 saturated heterocycles. The number of hydrogen-bond donors (Lipinski definition) is 1. The van der Waals surface area contributed by atoms with Crippen molar-refractivity contribution in [3.63, 3.8) is 0 Å². The van der Waals surface area contributed by atoms with Crippen molar-refractivity contribution in [1.29, 1.82) is 0 Å². The highest BCUT2D eigenvalue weighted by molar-refractivity contribution is 5.37. The summed E-state index contributed by atoms with van der Waals surface area (Å²) in [6.07, 6.45) is 8.96. The summed E-state index contributed by atoms with van der Waals surface area (Å²) in [6.45, 7) is 7.28. The zero-order valence-electron chi connectivity index (χ0n) is 11.5. The summed E-state index contributed by atoms with van der Waals surface area (Å²) in [4.78, 5) is 11.5. The van der Waals surface area contributed by atoms with Gasteiger partial charge in [-0.05, 0) is 26.3 Å². The first-order valence-electron chi connectivity index (χ1n) is 7.09. The average molecular weight is 248 g/mol. The summed E-state index contributed by atoms with van der Waals surface area (Å²) < 4.78 is 0. The molecule has 2 heterocycles. The summed E-state index contributed by atoms with van der Waals surface area (Å²) in [5.74, 6) is 1.04. The Morgan fingerprint density at radius 1 is 1.33 bits per heavy atom. The van der Waals surface area contributed by atoms with Gasteiger partial charge in [0.05, 0.1) is 11.9 Å². The molecule has 0 bridgehead atoms. The highest BCUT2D eigenvalue weighted by atomic mass is 15.2. The Balaban J connectivity index is 2.10. The number of anilines is 1. The molecule has 1 unspecified atom stereocenters. The smallest absolute Gasteiger partial charge is 0.147 e. The van der Waals surface area contributed by atoms with Crippen molar-refractivity contribution < 1.29 is 0 Å². The van der Waals surface area contributed by atoms with Crippen LogP contribution >= 0.6 is 0 Å². The lowest BCUT2D eigenvalue weighted by Crippen LogP contribution is -2.33. The second-order valence-corrected chi connectivity index (χ2v) is 5.04. The van der Waals surface area contributed by atoms with Gasteiger partial charge in [-0.25, -0.2) is 4.98 Å². The summed E-state index contributed by atoms with van der Waals surface area (Å²) in [5.41, 5.74) is 1.03. The molecule has 1 aromatic heterocycles. The van der Waals surface area contributed by atoms with Gasteiger partial charge in [-0.1, -0.05) is 19.8 Å². The van der Waals surface area contributed by atoms with Crippen LogP contribution in [0.15, 0.2) is 12.4 Å². The lowest BCUT2D eigenvalue weighted by atomic mass is 10.1. The van der Waals surface area contributed by atoms with Crippen LogP contribution < -0.4 is 10.2 Å². The molecular weight excluding hydrogens is 224 g/mol. The lowest BCUT2D eigenvalue weighted by molar-refractivity contribution is 0.607. The van der Waals surface area contributed by atoms with Crippen LogP contribution in [0.25, 0.3) is 0 Å². The fourth-order valence-electron chi connectivity index (χ4n) is 2.49. The van der Waals surface area contributed by atoms with Crippen molar-refractivity contribution in [3.05, 3.63) is 18.1 Å². The molecule has 1 N–H and O–H groups in total. The van der Waals surface area contributed by atoms with Crippen molar-refractivity contribution in [2.24, 2.45) is 0 Å². The quantitative estimate of drug-likeness (QED) is 0.888. The van der Waals surface area contributed by atoms with E-state index in [0.29, 0.717) is 6.04 Å². The molecule has 2 rings (SSSR count). The van der Waals surface area contributed by atoms with Crippen LogP contribution in [0, 0.1) is 0 Å². The van der Waals surface area contributed by atoms with E-state index in [0.717, 1.165) is 31.1 Å². The molecule has 4 heteroatoms. The molecule has 1 atom stereocenters. The molecule has 0 spiro atoms. The van der Waals surface area contributed by atoms with Crippen LogP contribution in [0.3, 0.4) is 0 Å². The van der Waals surface area contributed by atoms with E-state index in [9.17, 15) is 0 Å². The lowest BCUT2D eigenvalue weighted by Gasteiger charge is -2.28. The minimum Gasteiger partial charge on any atom is -0.353 e. The van der Waals surface area contributed by atoms with E-state index < -0.39 is 0 Å². The van der Waals surface area contributed by atoms with Gasteiger partial charge in [0.25, 0.3) is 0 Å². The van der Waals surface area contributed by atoms with E-state index >= 15 is 0 Å². The van der Waals surface area contributed by atoms with E-state index in [1.807, 2.05) is 12.4 Å². The first-order valence-corrected chi connectivity index (χ1v) is 7.09. The Morgan fingerprint density at radius 3 is 3.06 bits per heavy atom. The van der Waals surface area contributed by atoms with Crippen LogP contribution in [0.4, 0.5) is 5.82 Å². The number of nitrogens with zero attached hydrogens (tertiary/aromatic N) is 3. The molecule has 1 aromatic rings. The molecule has 4 nitrogen and oxygen atoms in total. The predicted octanol–water partition coefficient (Wildman–Crippen LogP) is 2.36. The summed E-state index contributed by atoms with van der Waals surface area (Å²) >= 11 is 0. The fraction of sp³-hybridized carbons (Fsp3) is 0.714. The fourth-order valence-corrected chi connectivity index (χ4v) is 2.49. The van der Waals surface area contributed by atoms with E-state index in [-0.39, 0.29) is 0 Å². The number of rotatable bonds is 4. The Kier molecular flexibility index (Phi) is 4.93. The van der Waals surface area contributed by atoms with Crippen LogP contribution in [0.1, 0.15) is 45.2 Å². The van der Waals surface area contributed by atoms with Crippen LogP contribution in [-0.2, 0) is 6.54 Å². The van der Waals surface area contributed by atoms with Gasteiger partial charge < -0.3 is 10.2 Å². The third-order valence-corrected chi connectivity index (χ3v) is 3.58. The Hall–Kier alpha value is -1.16. The van der Waals surface area contributed by atoms with Gasteiger partial charge in [0.1, 0.15) is 5.82 Å². The van der Waals surface area contributed by atoms with Crippen molar-refractivity contribution in [2.45, 2.75) is 52.1 Å².